The van der Waals surface area contributed by atoms with Gasteiger partial charge < -0.3 is 15.8 Å². The fraction of sp³-hybridized carbons (Fsp3) is 0.917. The molecule has 1 heterocycles. The van der Waals surface area contributed by atoms with Gasteiger partial charge in [0.2, 0.25) is 5.91 Å². The maximum absolute atomic E-state index is 12.0. The van der Waals surface area contributed by atoms with Crippen molar-refractivity contribution in [3.63, 3.8) is 0 Å². The fourth-order valence-corrected chi connectivity index (χ4v) is 2.33. The van der Waals surface area contributed by atoms with Crippen LogP contribution in [0.1, 0.15) is 32.6 Å². The maximum Gasteiger partial charge on any atom is 0.223 e. The largest absolute Gasteiger partial charge is 0.381 e. The lowest BCUT2D eigenvalue weighted by Gasteiger charge is -2.37. The minimum atomic E-state index is -0.210. The standard InChI is InChI=1S/C12H22N2O2/c1-9(10-2-3-10)11(15)14-12(8-13)4-6-16-7-5-12/h9-10H,2-8,13H2,1H3,(H,14,15). The number of hydrogen-bond donors (Lipinski definition) is 2. The normalized spacial score (nSPS) is 26.1. The minimum absolute atomic E-state index is 0.145. The average Bonchev–Trinajstić information content (AvgIpc) is 3.13. The first kappa shape index (κ1) is 11.9. The van der Waals surface area contributed by atoms with Crippen LogP contribution in [0.4, 0.5) is 0 Å². The van der Waals surface area contributed by atoms with Crippen LogP contribution in [0, 0.1) is 11.8 Å². The van der Waals surface area contributed by atoms with Gasteiger partial charge in [-0.1, -0.05) is 6.92 Å². The van der Waals surface area contributed by atoms with Crippen LogP contribution in [0.15, 0.2) is 0 Å². The molecule has 92 valence electrons. The van der Waals surface area contributed by atoms with E-state index >= 15 is 0 Å². The quantitative estimate of drug-likeness (QED) is 0.740. The molecule has 0 aromatic heterocycles. The SMILES string of the molecule is CC(C(=O)NC1(CN)CCOCC1)C1CC1. The summed E-state index contributed by atoms with van der Waals surface area (Å²) >= 11 is 0. The molecule has 1 amide bonds. The Morgan fingerprint density at radius 1 is 1.50 bits per heavy atom. The van der Waals surface area contributed by atoms with E-state index in [-0.39, 0.29) is 17.4 Å². The second-order valence-corrected chi connectivity index (χ2v) is 5.21. The van der Waals surface area contributed by atoms with E-state index in [9.17, 15) is 4.79 Å². The Morgan fingerprint density at radius 2 is 2.12 bits per heavy atom. The van der Waals surface area contributed by atoms with E-state index in [1.54, 1.807) is 0 Å². The van der Waals surface area contributed by atoms with Gasteiger partial charge in [0.05, 0.1) is 5.54 Å². The first-order valence-corrected chi connectivity index (χ1v) is 6.27. The van der Waals surface area contributed by atoms with Crippen LogP contribution < -0.4 is 11.1 Å². The molecule has 1 atom stereocenters. The van der Waals surface area contributed by atoms with Gasteiger partial charge in [0.25, 0.3) is 0 Å². The highest BCUT2D eigenvalue weighted by molar-refractivity contribution is 5.79. The summed E-state index contributed by atoms with van der Waals surface area (Å²) in [6.45, 7) is 3.95. The molecule has 1 saturated carbocycles. The molecule has 0 spiro atoms. The molecule has 16 heavy (non-hydrogen) atoms. The van der Waals surface area contributed by atoms with Crippen LogP contribution >= 0.6 is 0 Å². The molecule has 4 heteroatoms. The molecular weight excluding hydrogens is 204 g/mol. The van der Waals surface area contributed by atoms with E-state index in [0.717, 1.165) is 12.8 Å². The zero-order valence-corrected chi connectivity index (χ0v) is 10.00. The van der Waals surface area contributed by atoms with Crippen molar-refractivity contribution in [1.82, 2.24) is 5.32 Å². The van der Waals surface area contributed by atoms with E-state index in [4.69, 9.17) is 10.5 Å². The van der Waals surface area contributed by atoms with Crippen LogP contribution in [-0.2, 0) is 9.53 Å². The first-order valence-electron chi connectivity index (χ1n) is 6.27. The predicted octanol–water partition coefficient (Wildman–Crippen LogP) is 0.657. The summed E-state index contributed by atoms with van der Waals surface area (Å²) in [5, 5.41) is 3.16. The van der Waals surface area contributed by atoms with Crippen molar-refractivity contribution in [2.45, 2.75) is 38.1 Å². The number of ether oxygens (including phenoxy) is 1. The average molecular weight is 226 g/mol. The number of rotatable bonds is 4. The number of amides is 1. The van der Waals surface area contributed by atoms with Crippen molar-refractivity contribution in [3.8, 4) is 0 Å². The number of nitrogens with two attached hydrogens (primary N) is 1. The van der Waals surface area contributed by atoms with Gasteiger partial charge in [-0.15, -0.1) is 0 Å². The number of nitrogens with one attached hydrogen (secondary N) is 1. The molecule has 1 saturated heterocycles. The summed E-state index contributed by atoms with van der Waals surface area (Å²) in [7, 11) is 0. The predicted molar refractivity (Wildman–Crippen MR) is 61.9 cm³/mol. The van der Waals surface area contributed by atoms with Gasteiger partial charge in [0, 0.05) is 25.7 Å². The van der Waals surface area contributed by atoms with Crippen molar-refractivity contribution in [1.29, 1.82) is 0 Å². The molecule has 2 aliphatic rings. The highest BCUT2D eigenvalue weighted by Crippen LogP contribution is 2.37. The summed E-state index contributed by atoms with van der Waals surface area (Å²) in [6.07, 6.45) is 4.08. The second kappa shape index (κ2) is 4.72. The van der Waals surface area contributed by atoms with Crippen LogP contribution in [0.5, 0.6) is 0 Å². The van der Waals surface area contributed by atoms with Crippen molar-refractivity contribution in [2.75, 3.05) is 19.8 Å². The Bertz CT molecular complexity index is 258. The van der Waals surface area contributed by atoms with Gasteiger partial charge in [-0.25, -0.2) is 0 Å². The topological polar surface area (TPSA) is 64.4 Å². The van der Waals surface area contributed by atoms with Gasteiger partial charge >= 0.3 is 0 Å². The molecular formula is C12H22N2O2. The van der Waals surface area contributed by atoms with Crippen molar-refractivity contribution in [3.05, 3.63) is 0 Å². The maximum atomic E-state index is 12.0. The lowest BCUT2D eigenvalue weighted by atomic mass is 9.89. The summed E-state index contributed by atoms with van der Waals surface area (Å²) in [6, 6.07) is 0. The number of carbonyl (C=O) groups excluding carboxylic acids is 1. The Hall–Kier alpha value is -0.610. The summed E-state index contributed by atoms with van der Waals surface area (Å²) in [5.74, 6) is 0.927. The molecule has 4 nitrogen and oxygen atoms in total. The molecule has 1 unspecified atom stereocenters. The van der Waals surface area contributed by atoms with E-state index < -0.39 is 0 Å². The highest BCUT2D eigenvalue weighted by atomic mass is 16.5. The van der Waals surface area contributed by atoms with E-state index in [0.29, 0.717) is 25.7 Å². The van der Waals surface area contributed by atoms with E-state index in [2.05, 4.69) is 5.32 Å². The second-order valence-electron chi connectivity index (χ2n) is 5.21. The van der Waals surface area contributed by atoms with Gasteiger partial charge in [-0.05, 0) is 31.6 Å². The number of carbonyl (C=O) groups is 1. The fourth-order valence-electron chi connectivity index (χ4n) is 2.33. The van der Waals surface area contributed by atoms with E-state index in [1.807, 2.05) is 6.92 Å². The molecule has 2 fully saturated rings. The molecule has 0 aromatic carbocycles. The van der Waals surface area contributed by atoms with Crippen LogP contribution in [-0.4, -0.2) is 31.2 Å². The summed E-state index contributed by atoms with van der Waals surface area (Å²) in [5.41, 5.74) is 5.60. The van der Waals surface area contributed by atoms with Crippen molar-refractivity contribution >= 4 is 5.91 Å². The third kappa shape index (κ3) is 2.55. The van der Waals surface area contributed by atoms with E-state index in [1.165, 1.54) is 12.8 Å². The highest BCUT2D eigenvalue weighted by Gasteiger charge is 2.38. The molecule has 3 N–H and O–H groups in total. The Morgan fingerprint density at radius 3 is 2.62 bits per heavy atom. The Labute approximate surface area is 96.9 Å². The smallest absolute Gasteiger partial charge is 0.223 e. The Kier molecular flexibility index (Phi) is 3.50. The first-order chi connectivity index (χ1) is 7.67. The van der Waals surface area contributed by atoms with Gasteiger partial charge in [-0.2, -0.15) is 0 Å². The minimum Gasteiger partial charge on any atom is -0.381 e. The van der Waals surface area contributed by atoms with Crippen LogP contribution in [0.25, 0.3) is 0 Å². The monoisotopic (exact) mass is 226 g/mol. The molecule has 0 bridgehead atoms. The zero-order chi connectivity index (χ0) is 11.6. The van der Waals surface area contributed by atoms with Crippen molar-refractivity contribution in [2.24, 2.45) is 17.6 Å². The van der Waals surface area contributed by atoms with Gasteiger partial charge in [-0.3, -0.25) is 4.79 Å². The Balaban J connectivity index is 1.91. The lowest BCUT2D eigenvalue weighted by Crippen LogP contribution is -2.57. The third-order valence-electron chi connectivity index (χ3n) is 3.97. The van der Waals surface area contributed by atoms with Crippen LogP contribution in [0.2, 0.25) is 0 Å². The summed E-state index contributed by atoms with van der Waals surface area (Å²) < 4.78 is 5.32. The molecule has 1 aliphatic heterocycles. The molecule has 2 rings (SSSR count). The van der Waals surface area contributed by atoms with Crippen molar-refractivity contribution < 1.29 is 9.53 Å². The molecule has 0 aromatic rings. The zero-order valence-electron chi connectivity index (χ0n) is 10.00. The molecule has 1 aliphatic carbocycles. The lowest BCUT2D eigenvalue weighted by molar-refractivity contribution is -0.128. The third-order valence-corrected chi connectivity index (χ3v) is 3.97. The van der Waals surface area contributed by atoms with Crippen LogP contribution in [0.3, 0.4) is 0 Å². The number of hydrogen-bond acceptors (Lipinski definition) is 3. The van der Waals surface area contributed by atoms with Gasteiger partial charge in [0.1, 0.15) is 0 Å². The van der Waals surface area contributed by atoms with Gasteiger partial charge in [0.15, 0.2) is 0 Å². The summed E-state index contributed by atoms with van der Waals surface area (Å²) in [4.78, 5) is 12.0. The molecule has 0 radical (unpaired) electrons.